The van der Waals surface area contributed by atoms with Crippen molar-refractivity contribution in [1.29, 1.82) is 0 Å². The Morgan fingerprint density at radius 1 is 0.321 bits per heavy atom. The van der Waals surface area contributed by atoms with E-state index in [0.717, 1.165) is 44.0 Å². The van der Waals surface area contributed by atoms with Gasteiger partial charge in [-0.2, -0.15) is 0 Å². The summed E-state index contributed by atoms with van der Waals surface area (Å²) < 4.78 is 0. The highest BCUT2D eigenvalue weighted by molar-refractivity contribution is 5.99. The van der Waals surface area contributed by atoms with Gasteiger partial charge in [0, 0.05) is 22.1 Å². The van der Waals surface area contributed by atoms with Gasteiger partial charge in [-0.05, 0) is 96.4 Å². The molecule has 8 aromatic carbocycles. The molecular formula is C50H35N3. The van der Waals surface area contributed by atoms with E-state index >= 15 is 0 Å². The number of aromatic nitrogens is 3. The third-order valence-corrected chi connectivity index (χ3v) is 10.9. The van der Waals surface area contributed by atoms with Crippen LogP contribution in [0.25, 0.3) is 89.1 Å². The predicted molar refractivity (Wildman–Crippen MR) is 220 cm³/mol. The Bertz CT molecular complexity index is 2860. The van der Waals surface area contributed by atoms with Crippen LogP contribution in [0.5, 0.6) is 0 Å². The van der Waals surface area contributed by atoms with Crippen molar-refractivity contribution in [3.05, 3.63) is 187 Å². The van der Waals surface area contributed by atoms with Crippen molar-refractivity contribution >= 4 is 21.5 Å². The molecule has 250 valence electrons. The average molecular weight is 678 g/mol. The molecule has 0 atom stereocenters. The van der Waals surface area contributed by atoms with Gasteiger partial charge < -0.3 is 0 Å². The minimum absolute atomic E-state index is 0.0369. The van der Waals surface area contributed by atoms with Crippen LogP contribution in [0, 0.1) is 0 Å². The molecule has 0 amide bonds. The van der Waals surface area contributed by atoms with Gasteiger partial charge in [0.25, 0.3) is 0 Å². The molecular weight excluding hydrogens is 643 g/mol. The summed E-state index contributed by atoms with van der Waals surface area (Å²) in [6.07, 6.45) is 0. The van der Waals surface area contributed by atoms with Crippen LogP contribution in [0.4, 0.5) is 0 Å². The zero-order valence-corrected chi connectivity index (χ0v) is 29.6. The Labute approximate surface area is 309 Å². The largest absolute Gasteiger partial charge is 0.208 e. The van der Waals surface area contributed by atoms with Gasteiger partial charge >= 0.3 is 0 Å². The fraction of sp³-hybridized carbons (Fsp3) is 0.0600. The lowest BCUT2D eigenvalue weighted by molar-refractivity contribution is 0.660. The number of rotatable bonds is 5. The van der Waals surface area contributed by atoms with Crippen molar-refractivity contribution in [2.24, 2.45) is 0 Å². The molecule has 0 unspecified atom stereocenters. The van der Waals surface area contributed by atoms with Gasteiger partial charge in [0.2, 0.25) is 0 Å². The normalized spacial score (nSPS) is 12.9. The molecule has 1 heterocycles. The Morgan fingerprint density at radius 3 is 1.66 bits per heavy atom. The molecule has 0 bridgehead atoms. The first-order valence-electron chi connectivity index (χ1n) is 18.2. The number of fused-ring (bicyclic) bond motifs is 5. The van der Waals surface area contributed by atoms with E-state index < -0.39 is 0 Å². The van der Waals surface area contributed by atoms with Crippen LogP contribution in [0.2, 0.25) is 0 Å². The van der Waals surface area contributed by atoms with Crippen molar-refractivity contribution in [3.63, 3.8) is 0 Å². The van der Waals surface area contributed by atoms with E-state index in [-0.39, 0.29) is 5.41 Å². The van der Waals surface area contributed by atoms with Gasteiger partial charge in [-0.3, -0.25) is 0 Å². The summed E-state index contributed by atoms with van der Waals surface area (Å²) in [6.45, 7) is 4.67. The van der Waals surface area contributed by atoms with Crippen LogP contribution in [0.1, 0.15) is 25.0 Å². The van der Waals surface area contributed by atoms with Gasteiger partial charge in [-0.15, -0.1) is 0 Å². The highest BCUT2D eigenvalue weighted by Gasteiger charge is 2.35. The first kappa shape index (κ1) is 31.1. The van der Waals surface area contributed by atoms with Gasteiger partial charge in [-0.1, -0.05) is 159 Å². The third kappa shape index (κ3) is 5.32. The lowest BCUT2D eigenvalue weighted by atomic mass is 9.81. The highest BCUT2D eigenvalue weighted by atomic mass is 15.0. The van der Waals surface area contributed by atoms with E-state index in [1.165, 1.54) is 38.8 Å². The molecule has 1 aliphatic rings. The molecule has 53 heavy (non-hydrogen) atoms. The fourth-order valence-corrected chi connectivity index (χ4v) is 8.08. The number of benzene rings is 8. The zero-order valence-electron chi connectivity index (χ0n) is 29.6. The van der Waals surface area contributed by atoms with Gasteiger partial charge in [0.15, 0.2) is 17.5 Å². The monoisotopic (exact) mass is 677 g/mol. The molecule has 0 fully saturated rings. The molecule has 0 N–H and O–H groups in total. The van der Waals surface area contributed by atoms with Crippen LogP contribution in [-0.2, 0) is 5.41 Å². The second-order valence-electron chi connectivity index (χ2n) is 14.5. The topological polar surface area (TPSA) is 38.7 Å². The van der Waals surface area contributed by atoms with E-state index in [2.05, 4.69) is 166 Å². The minimum atomic E-state index is -0.0369. The molecule has 0 saturated heterocycles. The standard InChI is InChI=1S/C50H35N3/c1-50(2)45-20-12-11-19-42(45)43-26-25-37(31-46(43)50)35-21-22-36-28-39(24-23-34(36)27-35)48-51-47(33-15-7-4-8-16-33)52-49(53-48)44-30-40(32-13-5-3-6-14-32)29-38-17-9-10-18-41(38)44/h3-31H,1-2H3. The number of nitrogens with zero attached hydrogens (tertiary/aromatic N) is 3. The van der Waals surface area contributed by atoms with Crippen molar-refractivity contribution in [2.45, 2.75) is 19.3 Å². The summed E-state index contributed by atoms with van der Waals surface area (Å²) in [5, 5.41) is 4.56. The van der Waals surface area contributed by atoms with Crippen molar-refractivity contribution in [1.82, 2.24) is 15.0 Å². The molecule has 0 radical (unpaired) electrons. The van der Waals surface area contributed by atoms with Crippen LogP contribution < -0.4 is 0 Å². The zero-order chi connectivity index (χ0) is 35.5. The summed E-state index contributed by atoms with van der Waals surface area (Å²) >= 11 is 0. The maximum Gasteiger partial charge on any atom is 0.164 e. The minimum Gasteiger partial charge on any atom is -0.208 e. The molecule has 1 aromatic heterocycles. The quantitative estimate of drug-likeness (QED) is 0.182. The van der Waals surface area contributed by atoms with Crippen LogP contribution in [0.15, 0.2) is 176 Å². The lowest BCUT2D eigenvalue weighted by Gasteiger charge is -2.22. The summed E-state index contributed by atoms with van der Waals surface area (Å²) in [5.41, 5.74) is 13.0. The molecule has 0 aliphatic heterocycles. The van der Waals surface area contributed by atoms with E-state index in [0.29, 0.717) is 17.5 Å². The van der Waals surface area contributed by atoms with Crippen LogP contribution in [0.3, 0.4) is 0 Å². The van der Waals surface area contributed by atoms with Crippen LogP contribution in [-0.4, -0.2) is 15.0 Å². The number of hydrogen-bond donors (Lipinski definition) is 0. The van der Waals surface area contributed by atoms with Crippen molar-refractivity contribution in [2.75, 3.05) is 0 Å². The molecule has 10 rings (SSSR count). The smallest absolute Gasteiger partial charge is 0.164 e. The average Bonchev–Trinajstić information content (AvgIpc) is 3.45. The molecule has 3 heteroatoms. The van der Waals surface area contributed by atoms with E-state index in [4.69, 9.17) is 15.0 Å². The SMILES string of the molecule is CC1(C)c2ccccc2-c2ccc(-c3ccc4cc(-c5nc(-c6ccccc6)nc(-c6cc(-c7ccccc7)cc7ccccc67)n5)ccc4c3)cc21. The highest BCUT2D eigenvalue weighted by Crippen LogP contribution is 2.49. The Balaban J connectivity index is 1.08. The first-order valence-corrected chi connectivity index (χ1v) is 18.2. The van der Waals surface area contributed by atoms with Crippen LogP contribution >= 0.6 is 0 Å². The second kappa shape index (κ2) is 12.2. The Morgan fingerprint density at radius 2 is 0.868 bits per heavy atom. The maximum atomic E-state index is 5.20. The molecule has 1 aliphatic carbocycles. The number of hydrogen-bond acceptors (Lipinski definition) is 3. The van der Waals surface area contributed by atoms with E-state index in [9.17, 15) is 0 Å². The van der Waals surface area contributed by atoms with Crippen molar-refractivity contribution in [3.8, 4) is 67.5 Å². The van der Waals surface area contributed by atoms with Gasteiger partial charge in [-0.25, -0.2) is 15.0 Å². The second-order valence-corrected chi connectivity index (χ2v) is 14.5. The summed E-state index contributed by atoms with van der Waals surface area (Å²) in [6, 6.07) is 62.7. The lowest BCUT2D eigenvalue weighted by Crippen LogP contribution is -2.14. The summed E-state index contributed by atoms with van der Waals surface area (Å²) in [4.78, 5) is 15.4. The predicted octanol–water partition coefficient (Wildman–Crippen LogP) is 12.8. The van der Waals surface area contributed by atoms with Gasteiger partial charge in [0.05, 0.1) is 0 Å². The Kier molecular flexibility index (Phi) is 7.16. The molecule has 9 aromatic rings. The molecule has 0 saturated carbocycles. The Hall–Kier alpha value is -6.71. The molecule has 3 nitrogen and oxygen atoms in total. The maximum absolute atomic E-state index is 5.20. The summed E-state index contributed by atoms with van der Waals surface area (Å²) in [5.74, 6) is 1.95. The van der Waals surface area contributed by atoms with E-state index in [1.54, 1.807) is 0 Å². The van der Waals surface area contributed by atoms with E-state index in [1.807, 2.05) is 24.3 Å². The third-order valence-electron chi connectivity index (χ3n) is 10.9. The fourth-order valence-electron chi connectivity index (χ4n) is 8.08. The summed E-state index contributed by atoms with van der Waals surface area (Å²) in [7, 11) is 0. The molecule has 0 spiro atoms. The first-order chi connectivity index (χ1) is 26.0. The van der Waals surface area contributed by atoms with Gasteiger partial charge in [0.1, 0.15) is 0 Å². The van der Waals surface area contributed by atoms with Crippen molar-refractivity contribution < 1.29 is 0 Å².